The van der Waals surface area contributed by atoms with Gasteiger partial charge in [-0.05, 0) is 30.8 Å². The van der Waals surface area contributed by atoms with Gasteiger partial charge in [0.25, 0.3) is 0 Å². The quantitative estimate of drug-likeness (QED) is 0.860. The van der Waals surface area contributed by atoms with Gasteiger partial charge in [-0.3, -0.25) is 0 Å². The van der Waals surface area contributed by atoms with Crippen LogP contribution in [0.15, 0.2) is 0 Å². The minimum atomic E-state index is 0.160. The van der Waals surface area contributed by atoms with Crippen LogP contribution in [-0.2, 0) is 0 Å². The lowest BCUT2D eigenvalue weighted by Gasteiger charge is -2.23. The molecule has 1 aliphatic rings. The highest BCUT2D eigenvalue weighted by Gasteiger charge is 2.20. The molecule has 4 heteroatoms. The van der Waals surface area contributed by atoms with E-state index in [1.165, 1.54) is 48.5 Å². The van der Waals surface area contributed by atoms with Crippen molar-refractivity contribution in [2.75, 3.05) is 0 Å². The summed E-state index contributed by atoms with van der Waals surface area (Å²) in [5.74, 6) is 0.829. The fourth-order valence-corrected chi connectivity index (χ4v) is 3.12. The minimum absolute atomic E-state index is 0.160. The van der Waals surface area contributed by atoms with Crippen molar-refractivity contribution in [2.45, 2.75) is 51.5 Å². The molecule has 1 unspecified atom stereocenters. The second-order valence-electron chi connectivity index (χ2n) is 4.57. The van der Waals surface area contributed by atoms with E-state index in [0.717, 1.165) is 18.0 Å². The molecule has 0 aliphatic heterocycles. The summed E-state index contributed by atoms with van der Waals surface area (Å²) in [6.45, 7) is 2.00. The lowest BCUT2D eigenvalue weighted by Crippen LogP contribution is -2.17. The van der Waals surface area contributed by atoms with E-state index < -0.39 is 0 Å². The SMILES string of the molecule is Cc1nnsc1C(N)CC1CCCCC1. The first-order valence-electron chi connectivity index (χ1n) is 5.82. The molecule has 2 rings (SSSR count). The molecule has 1 atom stereocenters. The van der Waals surface area contributed by atoms with Gasteiger partial charge in [-0.2, -0.15) is 0 Å². The van der Waals surface area contributed by atoms with Crippen LogP contribution in [-0.4, -0.2) is 9.59 Å². The molecule has 1 aromatic heterocycles. The van der Waals surface area contributed by atoms with E-state index in [9.17, 15) is 0 Å². The lowest BCUT2D eigenvalue weighted by atomic mass is 9.84. The molecule has 0 radical (unpaired) electrons. The summed E-state index contributed by atoms with van der Waals surface area (Å²) < 4.78 is 3.95. The third-order valence-corrected chi connectivity index (χ3v) is 4.29. The highest BCUT2D eigenvalue weighted by Crippen LogP contribution is 2.32. The first-order valence-corrected chi connectivity index (χ1v) is 6.59. The number of rotatable bonds is 3. The van der Waals surface area contributed by atoms with E-state index in [2.05, 4.69) is 9.59 Å². The molecule has 0 spiro atoms. The Morgan fingerprint density at radius 3 is 2.73 bits per heavy atom. The Balaban J connectivity index is 1.91. The van der Waals surface area contributed by atoms with Crippen molar-refractivity contribution >= 4 is 11.5 Å². The molecule has 0 saturated heterocycles. The van der Waals surface area contributed by atoms with E-state index in [1.54, 1.807) is 0 Å². The summed E-state index contributed by atoms with van der Waals surface area (Å²) in [4.78, 5) is 1.18. The Hall–Kier alpha value is -0.480. The first-order chi connectivity index (χ1) is 7.27. The van der Waals surface area contributed by atoms with Gasteiger partial charge in [0, 0.05) is 6.04 Å². The molecule has 0 aromatic carbocycles. The van der Waals surface area contributed by atoms with Gasteiger partial charge in [-0.15, -0.1) is 5.10 Å². The van der Waals surface area contributed by atoms with E-state index in [4.69, 9.17) is 5.73 Å². The summed E-state index contributed by atoms with van der Waals surface area (Å²) in [5.41, 5.74) is 7.22. The number of hydrogen-bond donors (Lipinski definition) is 1. The summed E-state index contributed by atoms with van der Waals surface area (Å²) in [5, 5.41) is 4.02. The zero-order valence-corrected chi connectivity index (χ0v) is 10.1. The van der Waals surface area contributed by atoms with Crippen molar-refractivity contribution in [1.82, 2.24) is 9.59 Å². The summed E-state index contributed by atoms with van der Waals surface area (Å²) in [7, 11) is 0. The van der Waals surface area contributed by atoms with Gasteiger partial charge in [0.1, 0.15) is 0 Å². The van der Waals surface area contributed by atoms with Crippen molar-refractivity contribution in [2.24, 2.45) is 11.7 Å². The number of nitrogens with zero attached hydrogens (tertiary/aromatic N) is 2. The average Bonchev–Trinajstić information content (AvgIpc) is 2.66. The molecule has 3 nitrogen and oxygen atoms in total. The smallest absolute Gasteiger partial charge is 0.0772 e. The lowest BCUT2D eigenvalue weighted by molar-refractivity contribution is 0.320. The third-order valence-electron chi connectivity index (χ3n) is 3.34. The Labute approximate surface area is 95.2 Å². The van der Waals surface area contributed by atoms with Crippen LogP contribution in [0.4, 0.5) is 0 Å². The minimum Gasteiger partial charge on any atom is -0.323 e. The van der Waals surface area contributed by atoms with Crippen LogP contribution in [0.3, 0.4) is 0 Å². The second-order valence-corrected chi connectivity index (χ2v) is 5.35. The molecule has 2 N–H and O–H groups in total. The fraction of sp³-hybridized carbons (Fsp3) is 0.818. The van der Waals surface area contributed by atoms with Crippen LogP contribution in [0, 0.1) is 12.8 Å². The number of aromatic nitrogens is 2. The standard InChI is InChI=1S/C11H19N3S/c1-8-11(15-14-13-8)10(12)7-9-5-3-2-4-6-9/h9-10H,2-7,12H2,1H3. The Bertz CT molecular complexity index is 305. The molecule has 0 bridgehead atoms. The zero-order chi connectivity index (χ0) is 10.7. The number of hydrogen-bond acceptors (Lipinski definition) is 4. The molecule has 1 aliphatic carbocycles. The summed E-state index contributed by atoms with van der Waals surface area (Å²) in [6.07, 6.45) is 8.02. The van der Waals surface area contributed by atoms with Gasteiger partial charge in [-0.1, -0.05) is 36.6 Å². The van der Waals surface area contributed by atoms with Crippen molar-refractivity contribution in [1.29, 1.82) is 0 Å². The van der Waals surface area contributed by atoms with Crippen molar-refractivity contribution in [3.63, 3.8) is 0 Å². The Morgan fingerprint density at radius 1 is 1.40 bits per heavy atom. The van der Waals surface area contributed by atoms with Crippen LogP contribution in [0.2, 0.25) is 0 Å². The van der Waals surface area contributed by atoms with Gasteiger partial charge in [0.05, 0.1) is 10.6 Å². The van der Waals surface area contributed by atoms with Crippen LogP contribution < -0.4 is 5.73 Å². The van der Waals surface area contributed by atoms with Gasteiger partial charge < -0.3 is 5.73 Å². The number of nitrogens with two attached hydrogens (primary N) is 1. The molecule has 0 amide bonds. The maximum absolute atomic E-state index is 6.20. The molecule has 1 saturated carbocycles. The zero-order valence-electron chi connectivity index (χ0n) is 9.28. The Morgan fingerprint density at radius 2 is 2.13 bits per heavy atom. The highest BCUT2D eigenvalue weighted by molar-refractivity contribution is 7.05. The van der Waals surface area contributed by atoms with Crippen molar-refractivity contribution < 1.29 is 0 Å². The molecule has 1 aromatic rings. The molecular formula is C11H19N3S. The van der Waals surface area contributed by atoms with Crippen LogP contribution in [0.1, 0.15) is 55.1 Å². The van der Waals surface area contributed by atoms with Crippen molar-refractivity contribution in [3.05, 3.63) is 10.6 Å². The van der Waals surface area contributed by atoms with Gasteiger partial charge in [0.2, 0.25) is 0 Å². The van der Waals surface area contributed by atoms with Crippen LogP contribution >= 0.6 is 11.5 Å². The monoisotopic (exact) mass is 225 g/mol. The Kier molecular flexibility index (Phi) is 3.70. The largest absolute Gasteiger partial charge is 0.323 e. The predicted octanol–water partition coefficient (Wildman–Crippen LogP) is 2.82. The molecule has 1 fully saturated rings. The van der Waals surface area contributed by atoms with Gasteiger partial charge >= 0.3 is 0 Å². The highest BCUT2D eigenvalue weighted by atomic mass is 32.1. The topological polar surface area (TPSA) is 51.8 Å². The van der Waals surface area contributed by atoms with Gasteiger partial charge in [-0.25, -0.2) is 0 Å². The van der Waals surface area contributed by atoms with E-state index in [-0.39, 0.29) is 6.04 Å². The first kappa shape index (κ1) is 11.0. The molecular weight excluding hydrogens is 206 g/mol. The average molecular weight is 225 g/mol. The molecule has 1 heterocycles. The maximum Gasteiger partial charge on any atom is 0.0772 e. The van der Waals surface area contributed by atoms with E-state index >= 15 is 0 Å². The van der Waals surface area contributed by atoms with Crippen LogP contribution in [0.25, 0.3) is 0 Å². The van der Waals surface area contributed by atoms with Gasteiger partial charge in [0.15, 0.2) is 0 Å². The van der Waals surface area contributed by atoms with Crippen LogP contribution in [0.5, 0.6) is 0 Å². The predicted molar refractivity (Wildman–Crippen MR) is 62.8 cm³/mol. The molecule has 15 heavy (non-hydrogen) atoms. The molecule has 84 valence electrons. The normalized spacial score (nSPS) is 20.4. The number of aryl methyl sites for hydroxylation is 1. The summed E-state index contributed by atoms with van der Waals surface area (Å²) >= 11 is 1.46. The second kappa shape index (κ2) is 5.03. The van der Waals surface area contributed by atoms with E-state index in [1.807, 2.05) is 6.92 Å². The third kappa shape index (κ3) is 2.75. The summed E-state index contributed by atoms with van der Waals surface area (Å²) in [6, 6.07) is 0.160. The van der Waals surface area contributed by atoms with E-state index in [0.29, 0.717) is 0 Å². The fourth-order valence-electron chi connectivity index (χ4n) is 2.47. The maximum atomic E-state index is 6.20. The van der Waals surface area contributed by atoms with Crippen molar-refractivity contribution in [3.8, 4) is 0 Å².